The van der Waals surface area contributed by atoms with Crippen LogP contribution in [-0.2, 0) is 14.4 Å². The maximum atomic E-state index is 11.7. The lowest BCUT2D eigenvalue weighted by Gasteiger charge is -2.23. The Balaban J connectivity index is 1.73. The molecule has 1 saturated carbocycles. The number of hydrogen-bond donors (Lipinski definition) is 1. The van der Waals surface area contributed by atoms with Gasteiger partial charge in [0.25, 0.3) is 0 Å². The van der Waals surface area contributed by atoms with Crippen molar-refractivity contribution >= 4 is 24.0 Å². The van der Waals surface area contributed by atoms with Crippen LogP contribution in [-0.4, -0.2) is 34.9 Å². The molecule has 2 aliphatic rings. The maximum Gasteiger partial charge on any atom is 0.329 e. The molecule has 1 atom stereocenters. The van der Waals surface area contributed by atoms with Crippen LogP contribution in [0.15, 0.2) is 0 Å². The number of carbonyl (C=O) groups is 2. The number of hydrogen-bond acceptors (Lipinski definition) is 6. The minimum absolute atomic E-state index is 0.0289. The molecule has 5 nitrogen and oxygen atoms in total. The lowest BCUT2D eigenvalue weighted by Crippen LogP contribution is -2.44. The summed E-state index contributed by atoms with van der Waals surface area (Å²) in [7, 11) is 0. The van der Waals surface area contributed by atoms with E-state index >= 15 is 0 Å². The van der Waals surface area contributed by atoms with E-state index in [2.05, 4.69) is 5.59 Å². The van der Waals surface area contributed by atoms with Crippen LogP contribution in [0.1, 0.15) is 32.1 Å². The molecule has 2 fully saturated rings. The first-order chi connectivity index (χ1) is 8.31. The zero-order valence-electron chi connectivity index (χ0n) is 9.76. The van der Waals surface area contributed by atoms with Crippen LogP contribution < -0.4 is 5.59 Å². The van der Waals surface area contributed by atoms with E-state index in [4.69, 9.17) is 4.84 Å². The van der Waals surface area contributed by atoms with Crippen LogP contribution in [0, 0.1) is 5.92 Å². The fraction of sp³-hybridized carbons (Fsp3) is 0.818. The first-order valence-corrected chi connectivity index (χ1v) is 7.16. The van der Waals surface area contributed by atoms with Gasteiger partial charge in [-0.2, -0.15) is 5.01 Å². The molecule has 1 saturated heterocycles. The van der Waals surface area contributed by atoms with Gasteiger partial charge in [0.15, 0.2) is 0 Å². The van der Waals surface area contributed by atoms with E-state index in [1.54, 1.807) is 16.8 Å². The summed E-state index contributed by atoms with van der Waals surface area (Å²) >= 11 is 1.54. The van der Waals surface area contributed by atoms with E-state index in [1.807, 2.05) is 0 Å². The Morgan fingerprint density at radius 3 is 2.82 bits per heavy atom. The van der Waals surface area contributed by atoms with Crippen molar-refractivity contribution in [2.75, 3.05) is 12.3 Å². The van der Waals surface area contributed by atoms with Crippen molar-refractivity contribution < 1.29 is 14.4 Å². The van der Waals surface area contributed by atoms with Gasteiger partial charge in [0.05, 0.1) is 5.92 Å². The minimum Gasteiger partial charge on any atom is -0.355 e. The molecule has 1 aliphatic heterocycles. The predicted molar refractivity (Wildman–Crippen MR) is 64.8 cm³/mol. The summed E-state index contributed by atoms with van der Waals surface area (Å²) in [5.41, 5.74) is 2.61. The number of hydrazine groups is 1. The van der Waals surface area contributed by atoms with Gasteiger partial charge in [0, 0.05) is 12.3 Å². The third-order valence-corrected chi connectivity index (χ3v) is 4.37. The van der Waals surface area contributed by atoms with Crippen molar-refractivity contribution in [3.63, 3.8) is 0 Å². The predicted octanol–water partition coefficient (Wildman–Crippen LogP) is 1.10. The summed E-state index contributed by atoms with van der Waals surface area (Å²) in [4.78, 5) is 27.5. The van der Waals surface area contributed by atoms with Gasteiger partial charge in [0.1, 0.15) is 11.7 Å². The minimum atomic E-state index is -0.242. The number of nitrogens with one attached hydrogen (secondary N) is 1. The highest BCUT2D eigenvalue weighted by molar-refractivity contribution is 8.00. The molecule has 0 aromatic heterocycles. The van der Waals surface area contributed by atoms with Gasteiger partial charge in [-0.25, -0.2) is 4.79 Å². The topological polar surface area (TPSA) is 58.6 Å². The average Bonchev–Trinajstić information content (AvgIpc) is 2.84. The maximum absolute atomic E-state index is 11.7. The molecule has 1 N–H and O–H groups in total. The second kappa shape index (κ2) is 6.37. The second-order valence-electron chi connectivity index (χ2n) is 4.44. The summed E-state index contributed by atoms with van der Waals surface area (Å²) < 4.78 is 0. The van der Waals surface area contributed by atoms with Gasteiger partial charge >= 0.3 is 5.97 Å². The van der Waals surface area contributed by atoms with E-state index in [0.717, 1.165) is 37.7 Å². The van der Waals surface area contributed by atoms with Crippen molar-refractivity contribution in [3.8, 4) is 0 Å². The van der Waals surface area contributed by atoms with E-state index < -0.39 is 0 Å². The molecular formula is C11H18N2O3S. The van der Waals surface area contributed by atoms with Crippen molar-refractivity contribution in [1.29, 1.82) is 0 Å². The third-order valence-electron chi connectivity index (χ3n) is 3.25. The normalized spacial score (nSPS) is 26.9. The summed E-state index contributed by atoms with van der Waals surface area (Å²) in [6.45, 7) is 0.714. The van der Waals surface area contributed by atoms with Gasteiger partial charge < -0.3 is 9.63 Å². The molecule has 96 valence electrons. The lowest BCUT2D eigenvalue weighted by atomic mass is 9.89. The Bertz CT molecular complexity index is 282. The molecule has 6 heteroatoms. The van der Waals surface area contributed by atoms with Crippen LogP contribution in [0.4, 0.5) is 0 Å². The molecule has 1 heterocycles. The Hall–Kier alpha value is -0.590. The van der Waals surface area contributed by atoms with Crippen molar-refractivity contribution in [2.24, 2.45) is 5.92 Å². The van der Waals surface area contributed by atoms with Crippen molar-refractivity contribution in [2.45, 2.75) is 37.5 Å². The van der Waals surface area contributed by atoms with Crippen molar-refractivity contribution in [1.82, 2.24) is 10.6 Å². The Kier molecular flexibility index (Phi) is 4.82. The molecular weight excluding hydrogens is 240 g/mol. The van der Waals surface area contributed by atoms with Gasteiger partial charge in [-0.3, -0.25) is 0 Å². The standard InChI is InChI=1S/C11H18N2O3S/c14-8-10-13(6-7-17-10)12-16-11(15)9-4-2-1-3-5-9/h8-10,12H,1-7H2. The first kappa shape index (κ1) is 12.9. The fourth-order valence-electron chi connectivity index (χ4n) is 2.22. The van der Waals surface area contributed by atoms with E-state index in [1.165, 1.54) is 6.42 Å². The molecule has 0 aromatic rings. The van der Waals surface area contributed by atoms with Crippen LogP contribution in [0.2, 0.25) is 0 Å². The van der Waals surface area contributed by atoms with Gasteiger partial charge in [-0.15, -0.1) is 11.8 Å². The number of nitrogens with zero attached hydrogens (tertiary/aromatic N) is 1. The number of aldehydes is 1. The Morgan fingerprint density at radius 1 is 1.35 bits per heavy atom. The first-order valence-electron chi connectivity index (χ1n) is 6.11. The molecule has 1 aliphatic carbocycles. The molecule has 0 amide bonds. The van der Waals surface area contributed by atoms with E-state index in [0.29, 0.717) is 6.54 Å². The largest absolute Gasteiger partial charge is 0.355 e. The molecule has 1 unspecified atom stereocenters. The number of thioether (sulfide) groups is 1. The van der Waals surface area contributed by atoms with Crippen LogP contribution in [0.5, 0.6) is 0 Å². The molecule has 0 aromatic carbocycles. The molecule has 17 heavy (non-hydrogen) atoms. The molecule has 0 spiro atoms. The highest BCUT2D eigenvalue weighted by Crippen LogP contribution is 2.25. The Morgan fingerprint density at radius 2 is 2.12 bits per heavy atom. The van der Waals surface area contributed by atoms with Crippen molar-refractivity contribution in [3.05, 3.63) is 0 Å². The van der Waals surface area contributed by atoms with Gasteiger partial charge in [-0.05, 0) is 12.8 Å². The lowest BCUT2D eigenvalue weighted by molar-refractivity contribution is -0.171. The van der Waals surface area contributed by atoms with E-state index in [-0.39, 0.29) is 17.3 Å². The molecule has 0 bridgehead atoms. The quantitative estimate of drug-likeness (QED) is 0.602. The SMILES string of the molecule is O=CC1SCCN1NOC(=O)C1CCCCC1. The zero-order valence-corrected chi connectivity index (χ0v) is 10.6. The summed E-state index contributed by atoms with van der Waals surface area (Å²) in [5.74, 6) is 0.713. The fourth-order valence-corrected chi connectivity index (χ4v) is 3.18. The van der Waals surface area contributed by atoms with Gasteiger partial charge in [-0.1, -0.05) is 24.9 Å². The summed E-state index contributed by atoms with van der Waals surface area (Å²) in [6.07, 6.45) is 6.14. The highest BCUT2D eigenvalue weighted by Gasteiger charge is 2.27. The number of rotatable bonds is 4. The monoisotopic (exact) mass is 258 g/mol. The summed E-state index contributed by atoms with van der Waals surface area (Å²) in [6, 6.07) is 0. The van der Waals surface area contributed by atoms with Crippen LogP contribution in [0.25, 0.3) is 0 Å². The molecule has 0 radical (unpaired) electrons. The average molecular weight is 258 g/mol. The molecule has 2 rings (SSSR count). The zero-order chi connectivity index (χ0) is 12.1. The second-order valence-corrected chi connectivity index (χ2v) is 5.66. The van der Waals surface area contributed by atoms with Crippen LogP contribution >= 0.6 is 11.8 Å². The summed E-state index contributed by atoms with van der Waals surface area (Å²) in [5, 5.41) is 1.42. The Labute approximate surface area is 105 Å². The van der Waals surface area contributed by atoms with Crippen LogP contribution in [0.3, 0.4) is 0 Å². The van der Waals surface area contributed by atoms with E-state index in [9.17, 15) is 9.59 Å². The number of carbonyl (C=O) groups excluding carboxylic acids is 2. The van der Waals surface area contributed by atoms with Gasteiger partial charge in [0.2, 0.25) is 0 Å². The smallest absolute Gasteiger partial charge is 0.329 e. The third kappa shape index (κ3) is 3.43. The highest BCUT2D eigenvalue weighted by atomic mass is 32.2.